The Bertz CT molecular complexity index is 767. The number of nitrogens with zero attached hydrogens (tertiary/aromatic N) is 2. The number of carbonyl (C=O) groups excluding carboxylic acids is 1. The van der Waals surface area contributed by atoms with Crippen molar-refractivity contribution in [2.75, 3.05) is 46.4 Å². The van der Waals surface area contributed by atoms with Crippen LogP contribution in [0.15, 0.2) is 23.1 Å². The Morgan fingerprint density at radius 2 is 1.85 bits per heavy atom. The molecule has 1 amide bonds. The number of rotatable bonds is 5. The van der Waals surface area contributed by atoms with E-state index in [1.165, 1.54) is 4.31 Å². The summed E-state index contributed by atoms with van der Waals surface area (Å²) in [5, 5.41) is 3.25. The molecule has 1 aromatic carbocycles. The van der Waals surface area contributed by atoms with Gasteiger partial charge in [0.15, 0.2) is 0 Å². The molecule has 0 atom stereocenters. The molecule has 8 heteroatoms. The van der Waals surface area contributed by atoms with Gasteiger partial charge in [-0.05, 0) is 44.0 Å². The fourth-order valence-corrected chi connectivity index (χ4v) is 5.43. The van der Waals surface area contributed by atoms with Crippen LogP contribution in [0.1, 0.15) is 35.7 Å². The van der Waals surface area contributed by atoms with Gasteiger partial charge < -0.3 is 15.0 Å². The van der Waals surface area contributed by atoms with E-state index in [4.69, 9.17) is 4.74 Å². The molecule has 27 heavy (non-hydrogen) atoms. The molecule has 2 aliphatic rings. The number of morpholine rings is 1. The fourth-order valence-electron chi connectivity index (χ4n) is 3.70. The largest absolute Gasteiger partial charge is 0.379 e. The number of hydrogen-bond acceptors (Lipinski definition) is 5. The van der Waals surface area contributed by atoms with Crippen LogP contribution in [0.25, 0.3) is 0 Å². The number of aryl methyl sites for hydroxylation is 1. The predicted octanol–water partition coefficient (Wildman–Crippen LogP) is 1.09. The molecule has 2 aliphatic heterocycles. The first-order valence-corrected chi connectivity index (χ1v) is 11.1. The maximum Gasteiger partial charge on any atom is 0.253 e. The Labute approximate surface area is 161 Å². The maximum absolute atomic E-state index is 13.1. The van der Waals surface area contributed by atoms with Crippen molar-refractivity contribution >= 4 is 15.9 Å². The van der Waals surface area contributed by atoms with Crippen molar-refractivity contribution < 1.29 is 17.9 Å². The van der Waals surface area contributed by atoms with Gasteiger partial charge in [-0.2, -0.15) is 4.31 Å². The molecular weight excluding hydrogens is 366 g/mol. The van der Waals surface area contributed by atoms with E-state index in [-0.39, 0.29) is 10.8 Å². The van der Waals surface area contributed by atoms with Gasteiger partial charge in [-0.1, -0.05) is 13.0 Å². The molecular formula is C19H29N3O4S. The molecule has 0 unspecified atom stereocenters. The van der Waals surface area contributed by atoms with Crippen molar-refractivity contribution in [2.45, 2.75) is 37.1 Å². The average molecular weight is 396 g/mol. The second kappa shape index (κ2) is 8.68. The molecule has 7 nitrogen and oxygen atoms in total. The molecule has 0 saturated carbocycles. The summed E-state index contributed by atoms with van der Waals surface area (Å²) in [7, 11) is -1.69. The summed E-state index contributed by atoms with van der Waals surface area (Å²) in [6, 6.07) is 5.54. The van der Waals surface area contributed by atoms with Crippen molar-refractivity contribution in [3.63, 3.8) is 0 Å². The van der Waals surface area contributed by atoms with Gasteiger partial charge in [0.05, 0.1) is 18.1 Å². The van der Waals surface area contributed by atoms with Crippen molar-refractivity contribution in [1.82, 2.24) is 14.5 Å². The number of benzene rings is 1. The summed E-state index contributed by atoms with van der Waals surface area (Å²) in [6.45, 7) is 4.80. The standard InChI is InChI=1S/C19H29N3O4S/c1-3-15-4-5-16(19(23)21-8-6-17(20-2)7-9-21)14-18(15)27(24,25)22-10-12-26-13-11-22/h4-5,14,17,20H,3,6-13H2,1-2H3. The van der Waals surface area contributed by atoms with Crippen LogP contribution in [0, 0.1) is 0 Å². The second-order valence-electron chi connectivity index (χ2n) is 7.05. The second-order valence-corrected chi connectivity index (χ2v) is 8.95. The van der Waals surface area contributed by atoms with Crippen molar-refractivity contribution in [3.05, 3.63) is 29.3 Å². The van der Waals surface area contributed by atoms with Crippen LogP contribution < -0.4 is 5.32 Å². The lowest BCUT2D eigenvalue weighted by atomic mass is 10.0. The third kappa shape index (κ3) is 4.34. The van der Waals surface area contributed by atoms with Gasteiger partial charge in [0.1, 0.15) is 0 Å². The summed E-state index contributed by atoms with van der Waals surface area (Å²) in [6.07, 6.45) is 2.42. The van der Waals surface area contributed by atoms with Crippen LogP contribution in [-0.4, -0.2) is 76.0 Å². The first-order valence-electron chi connectivity index (χ1n) is 9.64. The smallest absolute Gasteiger partial charge is 0.253 e. The summed E-state index contributed by atoms with van der Waals surface area (Å²) in [4.78, 5) is 15.0. The van der Waals surface area contributed by atoms with Gasteiger partial charge >= 0.3 is 0 Å². The van der Waals surface area contributed by atoms with E-state index in [1.54, 1.807) is 18.2 Å². The molecule has 2 heterocycles. The summed E-state index contributed by atoms with van der Waals surface area (Å²) < 4.78 is 33.0. The number of nitrogens with one attached hydrogen (secondary N) is 1. The van der Waals surface area contributed by atoms with E-state index < -0.39 is 10.0 Å². The van der Waals surface area contributed by atoms with Crippen molar-refractivity contribution in [3.8, 4) is 0 Å². The molecule has 0 bridgehead atoms. The molecule has 0 spiro atoms. The van der Waals surface area contributed by atoms with Gasteiger partial charge in [0.25, 0.3) is 5.91 Å². The van der Waals surface area contributed by atoms with Crippen LogP contribution in [0.5, 0.6) is 0 Å². The van der Waals surface area contributed by atoms with Crippen LogP contribution in [0.2, 0.25) is 0 Å². The molecule has 0 aliphatic carbocycles. The SMILES string of the molecule is CCc1ccc(C(=O)N2CCC(NC)CC2)cc1S(=O)(=O)N1CCOCC1. The highest BCUT2D eigenvalue weighted by Gasteiger charge is 2.30. The van der Waals surface area contributed by atoms with Gasteiger partial charge in [0.2, 0.25) is 10.0 Å². The van der Waals surface area contributed by atoms with E-state index in [1.807, 2.05) is 18.9 Å². The summed E-state index contributed by atoms with van der Waals surface area (Å²) >= 11 is 0. The number of sulfonamides is 1. The van der Waals surface area contributed by atoms with Crippen LogP contribution in [0.3, 0.4) is 0 Å². The first kappa shape index (κ1) is 20.3. The van der Waals surface area contributed by atoms with E-state index in [2.05, 4.69) is 5.32 Å². The highest BCUT2D eigenvalue weighted by Crippen LogP contribution is 2.25. The van der Waals surface area contributed by atoms with Gasteiger partial charge in [0, 0.05) is 37.8 Å². The first-order chi connectivity index (χ1) is 13.0. The lowest BCUT2D eigenvalue weighted by Gasteiger charge is -2.32. The molecule has 150 valence electrons. The minimum absolute atomic E-state index is 0.0920. The zero-order valence-corrected chi connectivity index (χ0v) is 16.9. The Hall–Kier alpha value is -1.48. The number of piperidine rings is 1. The number of likely N-dealkylation sites (tertiary alicyclic amines) is 1. The third-order valence-electron chi connectivity index (χ3n) is 5.47. The Morgan fingerprint density at radius 3 is 2.44 bits per heavy atom. The van der Waals surface area contributed by atoms with Gasteiger partial charge in [-0.25, -0.2) is 8.42 Å². The Balaban J connectivity index is 1.86. The zero-order chi connectivity index (χ0) is 19.4. The van der Waals surface area contributed by atoms with Gasteiger partial charge in [-0.3, -0.25) is 4.79 Å². The van der Waals surface area contributed by atoms with Crippen molar-refractivity contribution in [1.29, 1.82) is 0 Å². The monoisotopic (exact) mass is 395 g/mol. The minimum atomic E-state index is -3.63. The lowest BCUT2D eigenvalue weighted by Crippen LogP contribution is -2.44. The van der Waals surface area contributed by atoms with Gasteiger partial charge in [-0.15, -0.1) is 0 Å². The molecule has 0 aromatic heterocycles. The highest BCUT2D eigenvalue weighted by atomic mass is 32.2. The number of hydrogen-bond donors (Lipinski definition) is 1. The lowest BCUT2D eigenvalue weighted by molar-refractivity contribution is 0.0706. The number of ether oxygens (including phenoxy) is 1. The van der Waals surface area contributed by atoms with E-state index >= 15 is 0 Å². The molecule has 2 saturated heterocycles. The van der Waals surface area contributed by atoms with Crippen molar-refractivity contribution in [2.24, 2.45) is 0 Å². The fraction of sp³-hybridized carbons (Fsp3) is 0.632. The maximum atomic E-state index is 13.1. The van der Waals surface area contributed by atoms with Crippen LogP contribution >= 0.6 is 0 Å². The number of amides is 1. The Kier molecular flexibility index (Phi) is 6.52. The normalized spacial score (nSPS) is 20.0. The number of carbonyl (C=O) groups is 1. The zero-order valence-electron chi connectivity index (χ0n) is 16.1. The molecule has 1 aromatic rings. The molecule has 0 radical (unpaired) electrons. The average Bonchev–Trinajstić information content (AvgIpc) is 2.73. The minimum Gasteiger partial charge on any atom is -0.379 e. The quantitative estimate of drug-likeness (QED) is 0.808. The topological polar surface area (TPSA) is 79.0 Å². The van der Waals surface area contributed by atoms with E-state index in [0.717, 1.165) is 18.4 Å². The van der Waals surface area contributed by atoms with Crippen LogP contribution in [-0.2, 0) is 21.2 Å². The molecule has 1 N–H and O–H groups in total. The third-order valence-corrected chi connectivity index (χ3v) is 7.45. The predicted molar refractivity (Wildman–Crippen MR) is 103 cm³/mol. The van der Waals surface area contributed by atoms with Crippen LogP contribution in [0.4, 0.5) is 0 Å². The van der Waals surface area contributed by atoms with E-state index in [0.29, 0.717) is 57.4 Å². The summed E-state index contributed by atoms with van der Waals surface area (Å²) in [5.74, 6) is -0.0920. The van der Waals surface area contributed by atoms with E-state index in [9.17, 15) is 13.2 Å². The molecule has 2 fully saturated rings. The Morgan fingerprint density at radius 1 is 1.19 bits per heavy atom. The molecule has 3 rings (SSSR count). The summed E-state index contributed by atoms with van der Waals surface area (Å²) in [5.41, 5.74) is 1.19. The highest BCUT2D eigenvalue weighted by molar-refractivity contribution is 7.89.